The van der Waals surface area contributed by atoms with Crippen molar-refractivity contribution >= 4 is 5.95 Å². The van der Waals surface area contributed by atoms with Crippen molar-refractivity contribution in [3.63, 3.8) is 0 Å². The standard InChI is InChI=1S/C13H19F3N4O/c1-9(20-5-6-21-8-10(20)2)7-18-12-17-4-3-11(19-12)13(14,15)16/h3-4,9-10H,5-8H2,1-2H3,(H,17,18,19)/t9-,10+/m1/s1. The molecular weight excluding hydrogens is 285 g/mol. The smallest absolute Gasteiger partial charge is 0.379 e. The number of nitrogens with zero attached hydrogens (tertiary/aromatic N) is 3. The van der Waals surface area contributed by atoms with Crippen LogP contribution >= 0.6 is 0 Å². The molecule has 1 aromatic rings. The Hall–Kier alpha value is -1.41. The number of rotatable bonds is 4. The highest BCUT2D eigenvalue weighted by Gasteiger charge is 2.32. The molecule has 2 atom stereocenters. The molecular formula is C13H19F3N4O. The second kappa shape index (κ2) is 6.57. The summed E-state index contributed by atoms with van der Waals surface area (Å²) in [7, 11) is 0. The first kappa shape index (κ1) is 16.0. The molecule has 1 fully saturated rings. The van der Waals surface area contributed by atoms with Crippen molar-refractivity contribution in [1.29, 1.82) is 0 Å². The normalized spacial score (nSPS) is 22.0. The van der Waals surface area contributed by atoms with E-state index in [0.717, 1.165) is 18.8 Å². The number of alkyl halides is 3. The number of halogens is 3. The fourth-order valence-corrected chi connectivity index (χ4v) is 2.35. The van der Waals surface area contributed by atoms with E-state index in [1.807, 2.05) is 6.92 Å². The molecule has 1 aromatic heterocycles. The molecule has 5 nitrogen and oxygen atoms in total. The third-order valence-electron chi connectivity index (χ3n) is 3.49. The van der Waals surface area contributed by atoms with Crippen molar-refractivity contribution in [2.45, 2.75) is 32.1 Å². The Morgan fingerprint density at radius 3 is 2.95 bits per heavy atom. The number of nitrogens with one attached hydrogen (secondary N) is 1. The minimum absolute atomic E-state index is 0.00223. The summed E-state index contributed by atoms with van der Waals surface area (Å²) in [6.45, 7) is 6.72. The van der Waals surface area contributed by atoms with Crippen LogP contribution in [0.15, 0.2) is 12.3 Å². The van der Waals surface area contributed by atoms with Crippen molar-refractivity contribution in [3.05, 3.63) is 18.0 Å². The van der Waals surface area contributed by atoms with Crippen LogP contribution in [0.4, 0.5) is 19.1 Å². The molecule has 0 saturated carbocycles. The lowest BCUT2D eigenvalue weighted by Gasteiger charge is -2.37. The maximum atomic E-state index is 12.6. The highest BCUT2D eigenvalue weighted by atomic mass is 19.4. The fourth-order valence-electron chi connectivity index (χ4n) is 2.35. The average Bonchev–Trinajstić information content (AvgIpc) is 2.45. The summed E-state index contributed by atoms with van der Waals surface area (Å²) in [6, 6.07) is 1.30. The highest BCUT2D eigenvalue weighted by molar-refractivity contribution is 5.26. The van der Waals surface area contributed by atoms with Crippen LogP contribution in [0.2, 0.25) is 0 Å². The Labute approximate surface area is 121 Å². The van der Waals surface area contributed by atoms with Gasteiger partial charge in [0, 0.05) is 31.4 Å². The Bertz CT molecular complexity index is 469. The van der Waals surface area contributed by atoms with Crippen LogP contribution in [-0.4, -0.2) is 53.3 Å². The van der Waals surface area contributed by atoms with Crippen molar-refractivity contribution in [2.75, 3.05) is 31.6 Å². The Morgan fingerprint density at radius 2 is 2.29 bits per heavy atom. The van der Waals surface area contributed by atoms with Gasteiger partial charge in [-0.15, -0.1) is 0 Å². The topological polar surface area (TPSA) is 50.3 Å². The number of hydrogen-bond acceptors (Lipinski definition) is 5. The lowest BCUT2D eigenvalue weighted by atomic mass is 10.2. The van der Waals surface area contributed by atoms with Gasteiger partial charge in [0.1, 0.15) is 5.69 Å². The zero-order valence-corrected chi connectivity index (χ0v) is 12.0. The molecule has 2 rings (SSSR count). The molecule has 0 aliphatic carbocycles. The number of anilines is 1. The maximum Gasteiger partial charge on any atom is 0.433 e. The summed E-state index contributed by atoms with van der Waals surface area (Å²) in [4.78, 5) is 9.57. The molecule has 8 heteroatoms. The van der Waals surface area contributed by atoms with E-state index in [0.29, 0.717) is 19.8 Å². The van der Waals surface area contributed by atoms with Gasteiger partial charge < -0.3 is 10.1 Å². The number of aromatic nitrogens is 2. The van der Waals surface area contributed by atoms with Crippen molar-refractivity contribution in [3.8, 4) is 0 Å². The minimum Gasteiger partial charge on any atom is -0.379 e. The van der Waals surface area contributed by atoms with E-state index in [-0.39, 0.29) is 18.0 Å². The first-order valence-electron chi connectivity index (χ1n) is 6.85. The molecule has 1 aliphatic rings. The summed E-state index contributed by atoms with van der Waals surface area (Å²) < 4.78 is 43.1. The number of morpholine rings is 1. The molecule has 1 saturated heterocycles. The summed E-state index contributed by atoms with van der Waals surface area (Å²) in [5.41, 5.74) is -0.938. The van der Waals surface area contributed by atoms with Crippen molar-refractivity contribution in [1.82, 2.24) is 14.9 Å². The third-order valence-corrected chi connectivity index (χ3v) is 3.49. The molecule has 118 valence electrons. The first-order chi connectivity index (χ1) is 9.88. The summed E-state index contributed by atoms with van der Waals surface area (Å²) in [5.74, 6) is -0.00223. The second-order valence-electron chi connectivity index (χ2n) is 5.15. The van der Waals surface area contributed by atoms with Gasteiger partial charge in [0.05, 0.1) is 13.2 Å². The molecule has 1 N–H and O–H groups in total. The van der Waals surface area contributed by atoms with E-state index >= 15 is 0 Å². The maximum absolute atomic E-state index is 12.6. The fraction of sp³-hybridized carbons (Fsp3) is 0.692. The van der Waals surface area contributed by atoms with Gasteiger partial charge in [-0.2, -0.15) is 13.2 Å². The third kappa shape index (κ3) is 4.28. The highest BCUT2D eigenvalue weighted by Crippen LogP contribution is 2.27. The zero-order valence-electron chi connectivity index (χ0n) is 12.0. The van der Waals surface area contributed by atoms with Crippen LogP contribution in [0.5, 0.6) is 0 Å². The molecule has 0 amide bonds. The second-order valence-corrected chi connectivity index (χ2v) is 5.15. The SMILES string of the molecule is C[C@H](CNc1nccc(C(F)(F)F)n1)N1CCOC[C@@H]1C. The first-order valence-corrected chi connectivity index (χ1v) is 6.85. The van der Waals surface area contributed by atoms with E-state index in [1.165, 1.54) is 0 Å². The lowest BCUT2D eigenvalue weighted by Crippen LogP contribution is -2.50. The summed E-state index contributed by atoms with van der Waals surface area (Å²) in [6.07, 6.45) is -3.34. The summed E-state index contributed by atoms with van der Waals surface area (Å²) >= 11 is 0. The lowest BCUT2D eigenvalue weighted by molar-refractivity contribution is -0.141. The Morgan fingerprint density at radius 1 is 1.52 bits per heavy atom. The largest absolute Gasteiger partial charge is 0.433 e. The minimum atomic E-state index is -4.45. The molecule has 0 aromatic carbocycles. The predicted octanol–water partition coefficient (Wildman–Crippen LogP) is 2.02. The van der Waals surface area contributed by atoms with E-state index in [1.54, 1.807) is 0 Å². The molecule has 21 heavy (non-hydrogen) atoms. The number of hydrogen-bond donors (Lipinski definition) is 1. The van der Waals surface area contributed by atoms with Crippen molar-refractivity contribution in [2.24, 2.45) is 0 Å². The Balaban J connectivity index is 1.93. The molecule has 0 bridgehead atoms. The van der Waals surface area contributed by atoms with E-state index < -0.39 is 11.9 Å². The molecule has 1 aliphatic heterocycles. The molecule has 0 unspecified atom stereocenters. The van der Waals surface area contributed by atoms with Crippen LogP contribution in [-0.2, 0) is 10.9 Å². The van der Waals surface area contributed by atoms with Crippen LogP contribution in [0.25, 0.3) is 0 Å². The number of ether oxygens (including phenoxy) is 1. The van der Waals surface area contributed by atoms with Crippen LogP contribution in [0.1, 0.15) is 19.5 Å². The predicted molar refractivity (Wildman–Crippen MR) is 72.0 cm³/mol. The van der Waals surface area contributed by atoms with Crippen LogP contribution in [0.3, 0.4) is 0 Å². The van der Waals surface area contributed by atoms with Gasteiger partial charge in [-0.05, 0) is 19.9 Å². The van der Waals surface area contributed by atoms with Gasteiger partial charge in [0.25, 0.3) is 0 Å². The van der Waals surface area contributed by atoms with E-state index in [9.17, 15) is 13.2 Å². The molecule has 2 heterocycles. The van der Waals surface area contributed by atoms with Gasteiger partial charge in [-0.25, -0.2) is 9.97 Å². The zero-order chi connectivity index (χ0) is 15.5. The van der Waals surface area contributed by atoms with Crippen molar-refractivity contribution < 1.29 is 17.9 Å². The van der Waals surface area contributed by atoms with Crippen LogP contribution < -0.4 is 5.32 Å². The summed E-state index contributed by atoms with van der Waals surface area (Å²) in [5, 5.41) is 2.87. The van der Waals surface area contributed by atoms with Gasteiger partial charge in [-0.3, -0.25) is 4.90 Å². The van der Waals surface area contributed by atoms with Crippen LogP contribution in [0, 0.1) is 0 Å². The Kier molecular flexibility index (Phi) is 5.00. The monoisotopic (exact) mass is 304 g/mol. The van der Waals surface area contributed by atoms with Gasteiger partial charge >= 0.3 is 6.18 Å². The van der Waals surface area contributed by atoms with E-state index in [4.69, 9.17) is 4.74 Å². The van der Waals surface area contributed by atoms with Gasteiger partial charge in [0.2, 0.25) is 5.95 Å². The van der Waals surface area contributed by atoms with Gasteiger partial charge in [-0.1, -0.05) is 0 Å². The van der Waals surface area contributed by atoms with E-state index in [2.05, 4.69) is 27.1 Å². The average molecular weight is 304 g/mol. The molecule has 0 radical (unpaired) electrons. The quantitative estimate of drug-likeness (QED) is 0.922. The molecule has 0 spiro atoms. The van der Waals surface area contributed by atoms with Gasteiger partial charge in [0.15, 0.2) is 0 Å².